The van der Waals surface area contributed by atoms with Gasteiger partial charge >= 0.3 is 5.97 Å². The van der Waals surface area contributed by atoms with E-state index < -0.39 is 72.6 Å². The minimum absolute atomic E-state index is 0.0809. The first-order chi connectivity index (χ1) is 15.8. The summed E-state index contributed by atoms with van der Waals surface area (Å²) in [6, 6.07) is 5.03. The fraction of sp³-hybridized carbons (Fsp3) is 0.556. The zero-order chi connectivity index (χ0) is 26.2. The van der Waals surface area contributed by atoms with Gasteiger partial charge in [-0.25, -0.2) is 4.79 Å². The van der Waals surface area contributed by atoms with Gasteiger partial charge < -0.3 is 60.2 Å². The lowest BCUT2D eigenvalue weighted by Crippen LogP contribution is -2.60. The zero-order valence-electron chi connectivity index (χ0n) is 17.2. The van der Waals surface area contributed by atoms with E-state index >= 15 is 0 Å². The number of nitrogens with zero attached hydrogens (tertiary/aromatic N) is 1. The summed E-state index contributed by atoms with van der Waals surface area (Å²) in [5.74, 6) is -1.59. The molecule has 16 heteroatoms. The first-order valence-electron chi connectivity index (χ1n) is 9.47. The average molecular weight is 495 g/mol. The van der Waals surface area contributed by atoms with Crippen molar-refractivity contribution in [2.75, 3.05) is 6.61 Å². The molecule has 9 N–H and O–H groups in total. The number of aldehydes is 1. The summed E-state index contributed by atoms with van der Waals surface area (Å²) >= 11 is 0. The molecule has 0 saturated carbocycles. The third-order valence-electron chi connectivity index (χ3n) is 4.56. The highest BCUT2D eigenvalue weighted by molar-refractivity contribution is 5.73. The van der Waals surface area contributed by atoms with Crippen molar-refractivity contribution in [1.29, 1.82) is 0 Å². The molecule has 16 nitrogen and oxygen atoms in total. The van der Waals surface area contributed by atoms with Crippen molar-refractivity contribution in [3.8, 4) is 5.75 Å². The van der Waals surface area contributed by atoms with Crippen LogP contribution in [0.2, 0.25) is 0 Å². The summed E-state index contributed by atoms with van der Waals surface area (Å²) in [6.45, 7) is -0.564. The number of benzene rings is 1. The number of aliphatic hydroxyl groups is 8. The van der Waals surface area contributed by atoms with E-state index in [2.05, 4.69) is 0 Å². The summed E-state index contributed by atoms with van der Waals surface area (Å²) < 4.78 is 10.4. The molecule has 0 amide bonds. The highest BCUT2D eigenvalue weighted by atomic mass is 16.7. The zero-order valence-corrected chi connectivity index (χ0v) is 17.2. The van der Waals surface area contributed by atoms with E-state index in [0.29, 0.717) is 0 Å². The number of hydrogen-bond acceptors (Lipinski definition) is 14. The molecule has 1 saturated heterocycles. The highest BCUT2D eigenvalue weighted by Gasteiger charge is 2.44. The van der Waals surface area contributed by atoms with Gasteiger partial charge in [0.2, 0.25) is 6.29 Å². The van der Waals surface area contributed by atoms with E-state index in [1.165, 1.54) is 24.3 Å². The van der Waals surface area contributed by atoms with Gasteiger partial charge in [-0.3, -0.25) is 10.1 Å². The van der Waals surface area contributed by atoms with E-state index in [9.17, 15) is 35.0 Å². The molecule has 1 aromatic carbocycles. The normalized spacial score (nSPS) is 27.8. The molecule has 1 aromatic rings. The number of carbonyl (C=O) groups is 2. The van der Waals surface area contributed by atoms with Crippen molar-refractivity contribution in [3.05, 3.63) is 34.4 Å². The first-order valence-corrected chi connectivity index (χ1v) is 9.47. The molecule has 0 aliphatic carbocycles. The van der Waals surface area contributed by atoms with Crippen LogP contribution in [0.15, 0.2) is 24.3 Å². The molecular formula is C18H25NO15. The van der Waals surface area contributed by atoms with Gasteiger partial charge in [-0.05, 0) is 12.1 Å². The van der Waals surface area contributed by atoms with E-state index in [-0.39, 0.29) is 17.7 Å². The average Bonchev–Trinajstić information content (AvgIpc) is 2.82. The number of carbonyl (C=O) groups excluding carboxylic acids is 1. The number of aliphatic carboxylic acids is 1. The minimum atomic E-state index is -2.25. The van der Waals surface area contributed by atoms with Gasteiger partial charge in [-0.1, -0.05) is 0 Å². The SMILES string of the molecule is O=C[C@@H](O)[C@H](O)[C@@H](O)[C@H](O)C(=O)O.O=[N+]([O-])c1ccc(O[C@@H]2O[C@H](CO)[C@@H](O)[C@H](O)[C@H]2O)cc1. The van der Waals surface area contributed by atoms with Gasteiger partial charge in [0, 0.05) is 12.1 Å². The molecular weight excluding hydrogens is 470 g/mol. The molecule has 9 atom stereocenters. The Labute approximate surface area is 190 Å². The van der Waals surface area contributed by atoms with Crippen LogP contribution in [-0.4, -0.2) is 125 Å². The Morgan fingerprint density at radius 3 is 2.06 bits per heavy atom. The summed E-state index contributed by atoms with van der Waals surface area (Å²) in [7, 11) is 0. The number of carboxylic acids is 1. The number of carboxylic acid groups (broad SMARTS) is 1. The second-order valence-corrected chi connectivity index (χ2v) is 6.96. The van der Waals surface area contributed by atoms with Crippen molar-refractivity contribution in [2.45, 2.75) is 55.1 Å². The van der Waals surface area contributed by atoms with Crippen molar-refractivity contribution >= 4 is 17.9 Å². The Morgan fingerprint density at radius 2 is 1.62 bits per heavy atom. The van der Waals surface area contributed by atoms with Crippen LogP contribution in [0.5, 0.6) is 5.75 Å². The second kappa shape index (κ2) is 13.2. The van der Waals surface area contributed by atoms with Crippen molar-refractivity contribution < 1.29 is 69.9 Å². The topological polar surface area (TPSA) is 278 Å². The van der Waals surface area contributed by atoms with E-state index in [0.717, 1.165) is 0 Å². The molecule has 1 aliphatic rings. The minimum Gasteiger partial charge on any atom is -0.479 e. The lowest BCUT2D eigenvalue weighted by atomic mass is 9.99. The number of nitro groups is 1. The Morgan fingerprint density at radius 1 is 1.06 bits per heavy atom. The Balaban J connectivity index is 0.000000385. The third-order valence-corrected chi connectivity index (χ3v) is 4.56. The van der Waals surface area contributed by atoms with Gasteiger partial charge in [0.05, 0.1) is 11.5 Å². The molecule has 1 aliphatic heterocycles. The smallest absolute Gasteiger partial charge is 0.335 e. The Hall–Kier alpha value is -2.80. The molecule has 1 fully saturated rings. The molecule has 192 valence electrons. The first kappa shape index (κ1) is 29.2. The number of nitro benzene ring substituents is 1. The quantitative estimate of drug-likeness (QED) is 0.0886. The maximum atomic E-state index is 10.5. The Kier molecular flexibility index (Phi) is 11.3. The van der Waals surface area contributed by atoms with E-state index in [1.54, 1.807) is 0 Å². The number of rotatable bonds is 9. The van der Waals surface area contributed by atoms with Crippen LogP contribution >= 0.6 is 0 Å². The van der Waals surface area contributed by atoms with Crippen LogP contribution < -0.4 is 4.74 Å². The van der Waals surface area contributed by atoms with Crippen LogP contribution in [-0.2, 0) is 14.3 Å². The van der Waals surface area contributed by atoms with Gasteiger partial charge in [0.15, 0.2) is 12.4 Å². The molecule has 1 heterocycles. The van der Waals surface area contributed by atoms with Crippen molar-refractivity contribution in [2.24, 2.45) is 0 Å². The molecule has 0 unspecified atom stereocenters. The van der Waals surface area contributed by atoms with Crippen LogP contribution in [0.25, 0.3) is 0 Å². The lowest BCUT2D eigenvalue weighted by molar-refractivity contribution is -0.384. The number of ether oxygens (including phenoxy) is 2. The molecule has 2 rings (SSSR count). The van der Waals surface area contributed by atoms with E-state index in [4.69, 9.17) is 40.1 Å². The van der Waals surface area contributed by atoms with Crippen LogP contribution in [0.3, 0.4) is 0 Å². The van der Waals surface area contributed by atoms with Gasteiger partial charge in [-0.2, -0.15) is 0 Å². The van der Waals surface area contributed by atoms with Crippen molar-refractivity contribution in [3.63, 3.8) is 0 Å². The molecule has 0 bridgehead atoms. The standard InChI is InChI=1S/C12H15NO8.C6H10O7/c14-5-8-9(15)10(16)11(17)12(21-8)20-7-3-1-6(2-4-7)13(18)19;7-1-2(8)3(9)4(10)5(11)6(12)13/h1-4,8-12,14-17H,5H2;1-5,8-11H,(H,12,13)/t8-,9-,10+,11-,12-;2-,3+,4-,5+/m11/s1. The third kappa shape index (κ3) is 7.62. The van der Waals surface area contributed by atoms with E-state index in [1.807, 2.05) is 0 Å². The second-order valence-electron chi connectivity index (χ2n) is 6.96. The monoisotopic (exact) mass is 495 g/mol. The predicted octanol–water partition coefficient (Wildman–Crippen LogP) is -4.51. The largest absolute Gasteiger partial charge is 0.479 e. The molecule has 34 heavy (non-hydrogen) atoms. The number of non-ortho nitro benzene ring substituents is 1. The van der Waals surface area contributed by atoms with Gasteiger partial charge in [-0.15, -0.1) is 0 Å². The fourth-order valence-electron chi connectivity index (χ4n) is 2.56. The maximum absolute atomic E-state index is 10.5. The number of aliphatic hydroxyl groups excluding tert-OH is 8. The van der Waals surface area contributed by atoms with Gasteiger partial charge in [0.25, 0.3) is 5.69 Å². The molecule has 0 aromatic heterocycles. The van der Waals surface area contributed by atoms with Gasteiger partial charge in [0.1, 0.15) is 48.5 Å². The molecule has 0 spiro atoms. The molecule has 0 radical (unpaired) electrons. The van der Waals surface area contributed by atoms with Crippen LogP contribution in [0.4, 0.5) is 5.69 Å². The fourth-order valence-corrected chi connectivity index (χ4v) is 2.56. The lowest BCUT2D eigenvalue weighted by Gasteiger charge is -2.39. The summed E-state index contributed by atoms with van der Waals surface area (Å²) in [5.41, 5.74) is -0.129. The predicted molar refractivity (Wildman–Crippen MR) is 105 cm³/mol. The number of hydrogen-bond donors (Lipinski definition) is 9. The Bertz CT molecular complexity index is 803. The summed E-state index contributed by atoms with van der Waals surface area (Å²) in [4.78, 5) is 29.9. The summed E-state index contributed by atoms with van der Waals surface area (Å²) in [6.07, 6.45) is -15.3. The maximum Gasteiger partial charge on any atom is 0.335 e. The van der Waals surface area contributed by atoms with Crippen LogP contribution in [0.1, 0.15) is 0 Å². The van der Waals surface area contributed by atoms with Crippen LogP contribution in [0, 0.1) is 10.1 Å². The van der Waals surface area contributed by atoms with Crippen molar-refractivity contribution in [1.82, 2.24) is 0 Å². The highest BCUT2D eigenvalue weighted by Crippen LogP contribution is 2.25. The summed E-state index contributed by atoms with van der Waals surface area (Å²) in [5, 5.41) is 91.7.